The largest absolute Gasteiger partial charge is 0.396 e. The molecule has 4 nitrogen and oxygen atoms in total. The quantitative estimate of drug-likeness (QED) is 0.682. The van der Waals surface area contributed by atoms with Crippen LogP contribution in [0, 0.1) is 40.4 Å². The molecule has 3 N–H and O–H groups in total. The van der Waals surface area contributed by atoms with Crippen LogP contribution >= 0.6 is 11.8 Å². The van der Waals surface area contributed by atoms with Gasteiger partial charge in [0.2, 0.25) is 0 Å². The number of hydrogen-bond donors (Lipinski definition) is 2. The lowest BCUT2D eigenvalue weighted by Gasteiger charge is -2.61. The monoisotopic (exact) mass is 407 g/mol. The van der Waals surface area contributed by atoms with E-state index in [2.05, 4.69) is 13.8 Å². The third kappa shape index (κ3) is 3.02. The van der Waals surface area contributed by atoms with E-state index in [4.69, 9.17) is 5.73 Å². The molecule has 28 heavy (non-hydrogen) atoms. The van der Waals surface area contributed by atoms with Crippen molar-refractivity contribution in [1.29, 1.82) is 0 Å². The van der Waals surface area contributed by atoms with E-state index in [1.807, 2.05) is 11.8 Å². The summed E-state index contributed by atoms with van der Waals surface area (Å²) < 4.78 is 0. The minimum absolute atomic E-state index is 0.00922. The van der Waals surface area contributed by atoms with Crippen LogP contribution in [0.25, 0.3) is 0 Å². The third-order valence-corrected chi connectivity index (χ3v) is 10.7. The molecule has 8 atom stereocenters. The Morgan fingerprint density at radius 1 is 1.11 bits per heavy atom. The molecule has 4 fully saturated rings. The van der Waals surface area contributed by atoms with E-state index >= 15 is 0 Å². The first-order chi connectivity index (χ1) is 13.4. The van der Waals surface area contributed by atoms with Crippen LogP contribution in [-0.4, -0.2) is 40.8 Å². The Morgan fingerprint density at radius 3 is 2.61 bits per heavy atom. The van der Waals surface area contributed by atoms with Crippen molar-refractivity contribution >= 4 is 23.3 Å². The van der Waals surface area contributed by atoms with Crippen LogP contribution in [0.2, 0.25) is 0 Å². The SMILES string of the molecule is C[C@]12CCC(SCCCN)CC1C(CO)C(=O)[C@@H]1[C@H]2CC[C@]2(C)C(=O)CC[C@@H]12. The molecule has 0 saturated heterocycles. The number of aliphatic hydroxyl groups excluding tert-OH is 1. The highest BCUT2D eigenvalue weighted by Crippen LogP contribution is 2.66. The molecule has 5 heteroatoms. The zero-order valence-corrected chi connectivity index (χ0v) is 18.3. The number of hydrogen-bond acceptors (Lipinski definition) is 5. The summed E-state index contributed by atoms with van der Waals surface area (Å²) in [7, 11) is 0. The van der Waals surface area contributed by atoms with E-state index in [0.29, 0.717) is 23.4 Å². The number of ketones is 2. The standard InChI is InChI=1S/C23H37NO3S/c1-22-8-6-14(28-11-3-10-24)12-18(22)15(13-25)21(27)20-16-4-5-19(26)23(16,2)9-7-17(20)22/h14-18,20,25H,3-13,24H2,1-2H3/t14?,15?,16-,17+,18?,20-,22+,23-/m0/s1. The summed E-state index contributed by atoms with van der Waals surface area (Å²) in [6, 6.07) is 0. The van der Waals surface area contributed by atoms with Crippen molar-refractivity contribution in [2.75, 3.05) is 18.9 Å². The van der Waals surface area contributed by atoms with Gasteiger partial charge < -0.3 is 10.8 Å². The van der Waals surface area contributed by atoms with E-state index in [9.17, 15) is 14.7 Å². The maximum atomic E-state index is 13.7. The molecule has 4 rings (SSSR count). The van der Waals surface area contributed by atoms with Gasteiger partial charge >= 0.3 is 0 Å². The minimum Gasteiger partial charge on any atom is -0.396 e. The summed E-state index contributed by atoms with van der Waals surface area (Å²) in [5.74, 6) is 2.40. The number of carbonyl (C=O) groups excluding carboxylic acids is 2. The molecule has 3 unspecified atom stereocenters. The molecular formula is C23H37NO3S. The first-order valence-electron chi connectivity index (χ1n) is 11.4. The lowest BCUT2D eigenvalue weighted by molar-refractivity contribution is -0.169. The molecule has 0 aromatic rings. The summed E-state index contributed by atoms with van der Waals surface area (Å²) in [4.78, 5) is 26.3. The molecule has 0 aromatic heterocycles. The smallest absolute Gasteiger partial charge is 0.142 e. The molecule has 4 aliphatic rings. The number of Topliss-reactive ketones (excluding diaryl/α,β-unsaturated/α-hetero) is 2. The molecule has 0 aromatic carbocycles. The van der Waals surface area contributed by atoms with Gasteiger partial charge in [-0.3, -0.25) is 9.59 Å². The van der Waals surface area contributed by atoms with E-state index < -0.39 is 0 Å². The van der Waals surface area contributed by atoms with Gasteiger partial charge in [-0.25, -0.2) is 0 Å². The highest BCUT2D eigenvalue weighted by molar-refractivity contribution is 7.99. The highest BCUT2D eigenvalue weighted by Gasteiger charge is 2.65. The Kier molecular flexibility index (Phi) is 5.74. The molecule has 0 heterocycles. The summed E-state index contributed by atoms with van der Waals surface area (Å²) in [6.07, 6.45) is 7.92. The van der Waals surface area contributed by atoms with Gasteiger partial charge in [-0.1, -0.05) is 13.8 Å². The van der Waals surface area contributed by atoms with Gasteiger partial charge in [0.1, 0.15) is 11.6 Å². The van der Waals surface area contributed by atoms with Crippen molar-refractivity contribution in [3.8, 4) is 0 Å². The third-order valence-electron chi connectivity index (χ3n) is 9.27. The first kappa shape index (κ1) is 20.9. The van der Waals surface area contributed by atoms with Crippen molar-refractivity contribution in [3.05, 3.63) is 0 Å². The normalized spacial score (nSPS) is 48.1. The zero-order valence-electron chi connectivity index (χ0n) is 17.5. The molecule has 0 spiro atoms. The molecule has 4 saturated carbocycles. The van der Waals surface area contributed by atoms with Crippen molar-refractivity contribution in [1.82, 2.24) is 0 Å². The van der Waals surface area contributed by atoms with Gasteiger partial charge in [-0.05, 0) is 80.4 Å². The van der Waals surface area contributed by atoms with Gasteiger partial charge in [0.25, 0.3) is 0 Å². The second-order valence-corrected chi connectivity index (χ2v) is 11.8. The average molecular weight is 408 g/mol. The molecule has 0 aliphatic heterocycles. The summed E-state index contributed by atoms with van der Waals surface area (Å²) in [5, 5.41) is 10.8. The predicted octanol–water partition coefficient (Wildman–Crippen LogP) is 3.45. The molecule has 0 amide bonds. The fraction of sp³-hybridized carbons (Fsp3) is 0.913. The molecular weight excluding hydrogens is 370 g/mol. The average Bonchev–Trinajstić information content (AvgIpc) is 2.98. The molecule has 0 radical (unpaired) electrons. The fourth-order valence-electron chi connectivity index (χ4n) is 7.61. The van der Waals surface area contributed by atoms with Crippen molar-refractivity contribution in [2.24, 2.45) is 46.2 Å². The van der Waals surface area contributed by atoms with Crippen molar-refractivity contribution < 1.29 is 14.7 Å². The second-order valence-electron chi connectivity index (χ2n) is 10.4. The highest BCUT2D eigenvalue weighted by atomic mass is 32.2. The number of rotatable bonds is 5. The lowest BCUT2D eigenvalue weighted by atomic mass is 9.43. The van der Waals surface area contributed by atoms with Crippen LogP contribution in [0.4, 0.5) is 0 Å². The summed E-state index contributed by atoms with van der Waals surface area (Å²) in [6.45, 7) is 5.23. The Labute approximate surface area is 173 Å². The van der Waals surface area contributed by atoms with Crippen LogP contribution in [0.1, 0.15) is 65.2 Å². The van der Waals surface area contributed by atoms with Gasteiger partial charge in [0.15, 0.2) is 0 Å². The van der Waals surface area contributed by atoms with Crippen LogP contribution < -0.4 is 5.73 Å². The van der Waals surface area contributed by atoms with E-state index in [0.717, 1.165) is 50.8 Å². The Morgan fingerprint density at radius 2 is 1.89 bits per heavy atom. The van der Waals surface area contributed by atoms with Gasteiger partial charge in [-0.2, -0.15) is 11.8 Å². The van der Waals surface area contributed by atoms with E-state index in [1.165, 1.54) is 6.42 Å². The predicted molar refractivity (Wildman–Crippen MR) is 113 cm³/mol. The van der Waals surface area contributed by atoms with Crippen LogP contribution in [0.5, 0.6) is 0 Å². The summed E-state index contributed by atoms with van der Waals surface area (Å²) in [5.41, 5.74) is 5.49. The van der Waals surface area contributed by atoms with Crippen molar-refractivity contribution in [3.63, 3.8) is 0 Å². The Bertz CT molecular complexity index is 639. The maximum Gasteiger partial charge on any atom is 0.142 e. The lowest BCUT2D eigenvalue weighted by Crippen LogP contribution is -2.61. The number of carbonyl (C=O) groups is 2. The maximum absolute atomic E-state index is 13.7. The summed E-state index contributed by atoms with van der Waals surface area (Å²) >= 11 is 2.02. The zero-order chi connectivity index (χ0) is 20.1. The van der Waals surface area contributed by atoms with Gasteiger partial charge in [-0.15, -0.1) is 0 Å². The molecule has 158 valence electrons. The van der Waals surface area contributed by atoms with Crippen molar-refractivity contribution in [2.45, 2.75) is 70.5 Å². The minimum atomic E-state index is -0.296. The Balaban J connectivity index is 1.61. The number of thioether (sulfide) groups is 1. The molecule has 4 aliphatic carbocycles. The number of aliphatic hydroxyl groups is 1. The molecule has 0 bridgehead atoms. The van der Waals surface area contributed by atoms with E-state index in [1.54, 1.807) is 0 Å². The number of fused-ring (bicyclic) bond motifs is 5. The van der Waals surface area contributed by atoms with Gasteiger partial charge in [0.05, 0.1) is 6.61 Å². The topological polar surface area (TPSA) is 80.4 Å². The Hall–Kier alpha value is -0.390. The van der Waals surface area contributed by atoms with Gasteiger partial charge in [0, 0.05) is 28.9 Å². The van der Waals surface area contributed by atoms with E-state index in [-0.39, 0.29) is 46.9 Å². The first-order valence-corrected chi connectivity index (χ1v) is 12.4. The number of nitrogens with two attached hydrogens (primary N) is 1. The fourth-order valence-corrected chi connectivity index (χ4v) is 8.90. The second kappa shape index (κ2) is 7.70. The van der Waals surface area contributed by atoms with Crippen LogP contribution in [0.15, 0.2) is 0 Å². The van der Waals surface area contributed by atoms with Crippen LogP contribution in [-0.2, 0) is 9.59 Å². The van der Waals surface area contributed by atoms with Crippen LogP contribution in [0.3, 0.4) is 0 Å².